The lowest BCUT2D eigenvalue weighted by atomic mass is 9.84. The zero-order valence-electron chi connectivity index (χ0n) is 12.4. The first kappa shape index (κ1) is 16.2. The fourth-order valence-electron chi connectivity index (χ4n) is 2.48. The Balaban J connectivity index is 2.23. The molecule has 0 saturated heterocycles. The minimum Gasteiger partial charge on any atom is -0.459 e. The van der Waals surface area contributed by atoms with Crippen LogP contribution >= 0.6 is 0 Å². The van der Waals surface area contributed by atoms with Crippen molar-refractivity contribution in [1.29, 1.82) is 0 Å². The van der Waals surface area contributed by atoms with Crippen LogP contribution in [0.25, 0.3) is 11.1 Å². The molecule has 0 saturated carbocycles. The first-order valence-electron chi connectivity index (χ1n) is 6.85. The van der Waals surface area contributed by atoms with Crippen LogP contribution in [-0.2, 0) is 10.3 Å². The molecule has 1 aliphatic heterocycles. The Morgan fingerprint density at radius 2 is 1.79 bits per heavy atom. The Morgan fingerprint density at radius 1 is 1.12 bits per heavy atom. The number of nitrogens with two attached hydrogens (primary N) is 1. The molecule has 0 fully saturated rings. The SMILES string of the molecule is C[C@]1(c2cc(-c3cncnc3)c(F)cc2F)N=C(N)OCC1(F)F. The Labute approximate surface area is 134 Å². The number of aromatic nitrogens is 2. The largest absolute Gasteiger partial charge is 0.459 e. The normalized spacial score (nSPS) is 22.6. The maximum absolute atomic E-state index is 14.4. The molecule has 0 bridgehead atoms. The minimum absolute atomic E-state index is 0.121. The third-order valence-electron chi connectivity index (χ3n) is 3.90. The number of benzene rings is 1. The van der Waals surface area contributed by atoms with Gasteiger partial charge in [-0.2, -0.15) is 8.78 Å². The van der Waals surface area contributed by atoms with Crippen molar-refractivity contribution in [2.45, 2.75) is 18.4 Å². The van der Waals surface area contributed by atoms with Crippen molar-refractivity contribution in [3.63, 3.8) is 0 Å². The molecule has 126 valence electrons. The molecule has 9 heteroatoms. The molecule has 0 radical (unpaired) electrons. The number of halogens is 4. The average molecular weight is 340 g/mol. The number of amidine groups is 1. The maximum Gasteiger partial charge on any atom is 0.310 e. The van der Waals surface area contributed by atoms with Crippen LogP contribution in [0.15, 0.2) is 35.8 Å². The third kappa shape index (κ3) is 2.45. The molecule has 2 aromatic rings. The van der Waals surface area contributed by atoms with E-state index in [0.29, 0.717) is 6.07 Å². The number of hydrogen-bond acceptors (Lipinski definition) is 5. The molecule has 1 aromatic carbocycles. The van der Waals surface area contributed by atoms with E-state index in [1.807, 2.05) is 0 Å². The zero-order valence-corrected chi connectivity index (χ0v) is 12.4. The van der Waals surface area contributed by atoms with E-state index in [-0.39, 0.29) is 11.1 Å². The van der Waals surface area contributed by atoms with Crippen LogP contribution in [0, 0.1) is 11.6 Å². The molecule has 2 N–H and O–H groups in total. The summed E-state index contributed by atoms with van der Waals surface area (Å²) in [5.74, 6) is -5.63. The lowest BCUT2D eigenvalue weighted by molar-refractivity contribution is -0.117. The van der Waals surface area contributed by atoms with Crippen molar-refractivity contribution in [3.8, 4) is 11.1 Å². The zero-order chi connectivity index (χ0) is 17.5. The van der Waals surface area contributed by atoms with Crippen LogP contribution in [0.1, 0.15) is 12.5 Å². The van der Waals surface area contributed by atoms with Crippen molar-refractivity contribution in [3.05, 3.63) is 48.1 Å². The van der Waals surface area contributed by atoms with E-state index in [4.69, 9.17) is 5.73 Å². The topological polar surface area (TPSA) is 73.4 Å². The molecule has 3 rings (SSSR count). The van der Waals surface area contributed by atoms with Gasteiger partial charge in [-0.3, -0.25) is 0 Å². The first-order chi connectivity index (χ1) is 11.2. The summed E-state index contributed by atoms with van der Waals surface area (Å²) in [6.45, 7) is -0.0383. The second-order valence-electron chi connectivity index (χ2n) is 5.45. The van der Waals surface area contributed by atoms with E-state index < -0.39 is 41.3 Å². The molecular weight excluding hydrogens is 328 g/mol. The number of hydrogen-bond donors (Lipinski definition) is 1. The van der Waals surface area contributed by atoms with Crippen LogP contribution in [0.3, 0.4) is 0 Å². The number of alkyl halides is 2. The molecule has 1 aromatic heterocycles. The third-order valence-corrected chi connectivity index (χ3v) is 3.90. The summed E-state index contributed by atoms with van der Waals surface area (Å²) < 4.78 is 61.7. The Bertz CT molecular complexity index is 813. The van der Waals surface area contributed by atoms with Crippen LogP contribution in [0.4, 0.5) is 17.6 Å². The van der Waals surface area contributed by atoms with Gasteiger partial charge in [0.05, 0.1) is 0 Å². The van der Waals surface area contributed by atoms with Crippen LogP contribution in [0.5, 0.6) is 0 Å². The highest BCUT2D eigenvalue weighted by atomic mass is 19.3. The molecule has 1 atom stereocenters. The molecule has 0 amide bonds. The highest BCUT2D eigenvalue weighted by molar-refractivity contribution is 5.73. The summed E-state index contributed by atoms with van der Waals surface area (Å²) in [6, 6.07) is 1.01. The number of nitrogens with zero attached hydrogens (tertiary/aromatic N) is 3. The molecular formula is C15H12F4N4O. The predicted molar refractivity (Wildman–Crippen MR) is 77.3 cm³/mol. The van der Waals surface area contributed by atoms with E-state index in [1.54, 1.807) is 0 Å². The van der Waals surface area contributed by atoms with Gasteiger partial charge >= 0.3 is 5.92 Å². The minimum atomic E-state index is -3.54. The molecule has 2 heterocycles. The highest BCUT2D eigenvalue weighted by Gasteiger charge is 2.56. The molecule has 24 heavy (non-hydrogen) atoms. The van der Waals surface area contributed by atoms with E-state index in [9.17, 15) is 17.6 Å². The van der Waals surface area contributed by atoms with Crippen molar-refractivity contribution in [1.82, 2.24) is 9.97 Å². The maximum atomic E-state index is 14.4. The fourth-order valence-corrected chi connectivity index (χ4v) is 2.48. The Morgan fingerprint density at radius 3 is 2.46 bits per heavy atom. The first-order valence-corrected chi connectivity index (χ1v) is 6.85. The summed E-state index contributed by atoms with van der Waals surface area (Å²) in [5, 5.41) is 0. The van der Waals surface area contributed by atoms with Gasteiger partial charge in [0.25, 0.3) is 6.02 Å². The van der Waals surface area contributed by atoms with Crippen LogP contribution in [-0.4, -0.2) is 28.5 Å². The van der Waals surface area contributed by atoms with Gasteiger partial charge in [0, 0.05) is 35.2 Å². The molecule has 0 spiro atoms. The summed E-state index contributed by atoms with van der Waals surface area (Å²) in [5.41, 5.74) is 2.63. The fraction of sp³-hybridized carbons (Fsp3) is 0.267. The summed E-state index contributed by atoms with van der Waals surface area (Å²) in [6.07, 6.45) is 3.80. The Hall–Kier alpha value is -2.71. The van der Waals surface area contributed by atoms with E-state index in [1.165, 1.54) is 18.7 Å². The van der Waals surface area contributed by atoms with Crippen molar-refractivity contribution < 1.29 is 22.3 Å². The summed E-state index contributed by atoms with van der Waals surface area (Å²) >= 11 is 0. The predicted octanol–water partition coefficient (Wildman–Crippen LogP) is 2.62. The van der Waals surface area contributed by atoms with Gasteiger partial charge in [-0.15, -0.1) is 0 Å². The number of rotatable bonds is 2. The van der Waals surface area contributed by atoms with E-state index in [2.05, 4.69) is 19.7 Å². The average Bonchev–Trinajstić information content (AvgIpc) is 2.52. The summed E-state index contributed by atoms with van der Waals surface area (Å²) in [4.78, 5) is 11.1. The van der Waals surface area contributed by atoms with Crippen molar-refractivity contribution in [2.24, 2.45) is 10.7 Å². The van der Waals surface area contributed by atoms with Gasteiger partial charge in [0.1, 0.15) is 18.0 Å². The van der Waals surface area contributed by atoms with Gasteiger partial charge in [-0.05, 0) is 13.0 Å². The van der Waals surface area contributed by atoms with Gasteiger partial charge in [0.2, 0.25) is 0 Å². The molecule has 0 aliphatic carbocycles. The van der Waals surface area contributed by atoms with Gasteiger partial charge in [-0.1, -0.05) is 0 Å². The molecule has 5 nitrogen and oxygen atoms in total. The van der Waals surface area contributed by atoms with Gasteiger partial charge in [-0.25, -0.2) is 23.7 Å². The van der Waals surface area contributed by atoms with Gasteiger partial charge in [0.15, 0.2) is 12.1 Å². The standard InChI is InChI=1S/C15H12F4N4O/c1-14(15(18,19)6-24-13(20)23-14)10-2-9(11(16)3-12(10)17)8-4-21-7-22-5-8/h2-5,7H,6H2,1H3,(H2,20,23)/t14-/m1/s1. The molecule has 1 aliphatic rings. The highest BCUT2D eigenvalue weighted by Crippen LogP contribution is 2.45. The van der Waals surface area contributed by atoms with Crippen molar-refractivity contribution >= 4 is 6.02 Å². The Kier molecular flexibility index (Phi) is 3.66. The number of ether oxygens (including phenoxy) is 1. The second-order valence-corrected chi connectivity index (χ2v) is 5.45. The summed E-state index contributed by atoms with van der Waals surface area (Å²) in [7, 11) is 0. The smallest absolute Gasteiger partial charge is 0.310 e. The second kappa shape index (κ2) is 5.43. The van der Waals surface area contributed by atoms with Crippen molar-refractivity contribution in [2.75, 3.05) is 6.61 Å². The lowest BCUT2D eigenvalue weighted by Gasteiger charge is -2.37. The lowest BCUT2D eigenvalue weighted by Crippen LogP contribution is -2.51. The number of aliphatic imine (C=N–C) groups is 1. The van der Waals surface area contributed by atoms with E-state index in [0.717, 1.165) is 13.0 Å². The molecule has 0 unspecified atom stereocenters. The monoisotopic (exact) mass is 340 g/mol. The van der Waals surface area contributed by atoms with Crippen LogP contribution < -0.4 is 5.73 Å². The van der Waals surface area contributed by atoms with Gasteiger partial charge < -0.3 is 10.5 Å². The van der Waals surface area contributed by atoms with E-state index >= 15 is 0 Å². The van der Waals surface area contributed by atoms with Crippen LogP contribution in [0.2, 0.25) is 0 Å². The quantitative estimate of drug-likeness (QED) is 0.853.